The summed E-state index contributed by atoms with van der Waals surface area (Å²) in [5.41, 5.74) is 2.93. The Labute approximate surface area is 98.9 Å². The van der Waals surface area contributed by atoms with Crippen LogP contribution < -0.4 is 0 Å². The van der Waals surface area contributed by atoms with Crippen LogP contribution in [0.2, 0.25) is 0 Å². The lowest BCUT2D eigenvalue weighted by atomic mass is 10.1. The molecule has 0 aliphatic rings. The maximum absolute atomic E-state index is 10.4. The van der Waals surface area contributed by atoms with Crippen LogP contribution in [0.25, 0.3) is 11.8 Å². The van der Waals surface area contributed by atoms with Crippen LogP contribution in [0, 0.1) is 6.92 Å². The third-order valence-corrected chi connectivity index (χ3v) is 2.46. The molecule has 2 aromatic rings. The molecule has 0 unspecified atom stereocenters. The second kappa shape index (κ2) is 4.65. The van der Waals surface area contributed by atoms with Crippen molar-refractivity contribution in [2.75, 3.05) is 0 Å². The van der Waals surface area contributed by atoms with Gasteiger partial charge in [-0.1, -0.05) is 6.07 Å². The zero-order chi connectivity index (χ0) is 12.3. The molecule has 0 atom stereocenters. The number of carbonyl (C=O) groups is 1. The number of benzene rings is 1. The number of hydrogen-bond donors (Lipinski definition) is 1. The number of carboxylic acids is 1. The standard InChI is InChI=1S/C13H12N2O2/c1-10-8-12(15-7-6-14-9-15)4-2-11(10)3-5-13(16)17/h2-9H,1H3,(H,16,17). The van der Waals surface area contributed by atoms with Crippen LogP contribution in [0.1, 0.15) is 11.1 Å². The first kappa shape index (κ1) is 11.1. The number of aryl methyl sites for hydroxylation is 1. The van der Waals surface area contributed by atoms with Crippen LogP contribution in [0.15, 0.2) is 43.0 Å². The molecule has 1 aromatic carbocycles. The predicted molar refractivity (Wildman–Crippen MR) is 65.0 cm³/mol. The molecule has 2 rings (SSSR count). The summed E-state index contributed by atoms with van der Waals surface area (Å²) < 4.78 is 1.90. The number of aliphatic carboxylic acids is 1. The number of rotatable bonds is 3. The minimum absolute atomic E-state index is 0.899. The molecule has 0 saturated heterocycles. The van der Waals surface area contributed by atoms with Crippen molar-refractivity contribution in [1.82, 2.24) is 9.55 Å². The van der Waals surface area contributed by atoms with Crippen molar-refractivity contribution in [2.45, 2.75) is 6.92 Å². The Balaban J connectivity index is 2.32. The first-order valence-corrected chi connectivity index (χ1v) is 5.17. The lowest BCUT2D eigenvalue weighted by Gasteiger charge is -2.05. The highest BCUT2D eigenvalue weighted by Gasteiger charge is 1.99. The number of hydrogen-bond acceptors (Lipinski definition) is 2. The molecule has 0 spiro atoms. The highest BCUT2D eigenvalue weighted by Crippen LogP contribution is 2.15. The number of imidazole rings is 1. The van der Waals surface area contributed by atoms with E-state index in [0.717, 1.165) is 22.9 Å². The van der Waals surface area contributed by atoms with E-state index >= 15 is 0 Å². The van der Waals surface area contributed by atoms with Gasteiger partial charge < -0.3 is 9.67 Å². The second-order valence-electron chi connectivity index (χ2n) is 3.68. The van der Waals surface area contributed by atoms with Gasteiger partial charge in [-0.3, -0.25) is 0 Å². The van der Waals surface area contributed by atoms with Crippen LogP contribution >= 0.6 is 0 Å². The number of carboxylic acid groups (broad SMARTS) is 1. The Kier molecular flexibility index (Phi) is 3.05. The van der Waals surface area contributed by atoms with E-state index in [1.807, 2.05) is 35.9 Å². The van der Waals surface area contributed by atoms with Crippen LogP contribution in [0.3, 0.4) is 0 Å². The molecule has 0 saturated carbocycles. The van der Waals surface area contributed by atoms with E-state index in [4.69, 9.17) is 5.11 Å². The van der Waals surface area contributed by atoms with E-state index in [2.05, 4.69) is 4.98 Å². The van der Waals surface area contributed by atoms with Crippen LogP contribution in [0.4, 0.5) is 0 Å². The van der Waals surface area contributed by atoms with Crippen molar-refractivity contribution in [2.24, 2.45) is 0 Å². The summed E-state index contributed by atoms with van der Waals surface area (Å²) in [6.45, 7) is 1.95. The third-order valence-electron chi connectivity index (χ3n) is 2.46. The third kappa shape index (κ3) is 2.60. The average Bonchev–Trinajstić information content (AvgIpc) is 2.80. The topological polar surface area (TPSA) is 55.1 Å². The fourth-order valence-corrected chi connectivity index (χ4v) is 1.58. The summed E-state index contributed by atoms with van der Waals surface area (Å²) in [7, 11) is 0. The Bertz CT molecular complexity index is 557. The number of nitrogens with zero attached hydrogens (tertiary/aromatic N) is 2. The Morgan fingerprint density at radius 3 is 2.88 bits per heavy atom. The van der Waals surface area contributed by atoms with E-state index in [0.29, 0.717) is 0 Å². The van der Waals surface area contributed by atoms with Gasteiger partial charge in [0.2, 0.25) is 0 Å². The van der Waals surface area contributed by atoms with Gasteiger partial charge in [-0.25, -0.2) is 9.78 Å². The molecular weight excluding hydrogens is 216 g/mol. The largest absolute Gasteiger partial charge is 0.478 e. The monoisotopic (exact) mass is 228 g/mol. The Hall–Kier alpha value is -2.36. The zero-order valence-electron chi connectivity index (χ0n) is 9.37. The van der Waals surface area contributed by atoms with E-state index < -0.39 is 5.97 Å². The summed E-state index contributed by atoms with van der Waals surface area (Å²) >= 11 is 0. The highest BCUT2D eigenvalue weighted by molar-refractivity contribution is 5.85. The van der Waals surface area contributed by atoms with Gasteiger partial charge in [0.25, 0.3) is 0 Å². The highest BCUT2D eigenvalue weighted by atomic mass is 16.4. The van der Waals surface area contributed by atoms with Gasteiger partial charge in [0.1, 0.15) is 0 Å². The van der Waals surface area contributed by atoms with Crippen LogP contribution in [0.5, 0.6) is 0 Å². The molecule has 4 heteroatoms. The van der Waals surface area contributed by atoms with E-state index in [9.17, 15) is 4.79 Å². The molecule has 4 nitrogen and oxygen atoms in total. The Morgan fingerprint density at radius 2 is 2.29 bits per heavy atom. The first-order chi connectivity index (χ1) is 8.16. The first-order valence-electron chi connectivity index (χ1n) is 5.17. The molecule has 0 aliphatic heterocycles. The quantitative estimate of drug-likeness (QED) is 0.820. The van der Waals surface area contributed by atoms with Crippen molar-refractivity contribution in [3.63, 3.8) is 0 Å². The number of aromatic nitrogens is 2. The Morgan fingerprint density at radius 1 is 1.47 bits per heavy atom. The normalized spacial score (nSPS) is 10.9. The van der Waals surface area contributed by atoms with Gasteiger partial charge >= 0.3 is 5.97 Å². The molecule has 0 fully saturated rings. The van der Waals surface area contributed by atoms with Crippen LogP contribution in [-0.4, -0.2) is 20.6 Å². The van der Waals surface area contributed by atoms with Gasteiger partial charge in [-0.2, -0.15) is 0 Å². The molecular formula is C13H12N2O2. The molecule has 86 valence electrons. The maximum Gasteiger partial charge on any atom is 0.328 e. The minimum atomic E-state index is -0.942. The lowest BCUT2D eigenvalue weighted by Crippen LogP contribution is -1.92. The molecule has 17 heavy (non-hydrogen) atoms. The SMILES string of the molecule is Cc1cc(-n2ccnc2)ccc1C=CC(=O)O. The predicted octanol–water partition coefficient (Wildman–Crippen LogP) is 2.28. The molecule has 0 radical (unpaired) electrons. The minimum Gasteiger partial charge on any atom is -0.478 e. The zero-order valence-corrected chi connectivity index (χ0v) is 9.37. The van der Waals surface area contributed by atoms with E-state index in [1.165, 1.54) is 0 Å². The van der Waals surface area contributed by atoms with Crippen molar-refractivity contribution in [3.05, 3.63) is 54.1 Å². The molecule has 1 heterocycles. The summed E-state index contributed by atoms with van der Waals surface area (Å²) in [6, 6.07) is 5.81. The smallest absolute Gasteiger partial charge is 0.328 e. The molecule has 1 aromatic heterocycles. The van der Waals surface area contributed by atoms with Gasteiger partial charge in [0.15, 0.2) is 0 Å². The average molecular weight is 228 g/mol. The molecule has 0 amide bonds. The fourth-order valence-electron chi connectivity index (χ4n) is 1.58. The molecule has 0 aliphatic carbocycles. The van der Waals surface area contributed by atoms with Crippen molar-refractivity contribution in [3.8, 4) is 5.69 Å². The molecule has 1 N–H and O–H groups in total. The maximum atomic E-state index is 10.4. The van der Waals surface area contributed by atoms with E-state index in [-0.39, 0.29) is 0 Å². The molecule has 0 bridgehead atoms. The summed E-state index contributed by atoms with van der Waals surface area (Å²) in [4.78, 5) is 14.4. The van der Waals surface area contributed by atoms with E-state index in [1.54, 1.807) is 18.6 Å². The summed E-state index contributed by atoms with van der Waals surface area (Å²) in [5, 5.41) is 8.57. The van der Waals surface area contributed by atoms with Crippen molar-refractivity contribution < 1.29 is 9.90 Å². The van der Waals surface area contributed by atoms with Gasteiger partial charge in [0.05, 0.1) is 6.33 Å². The van der Waals surface area contributed by atoms with Crippen LogP contribution in [-0.2, 0) is 4.79 Å². The van der Waals surface area contributed by atoms with Gasteiger partial charge in [-0.15, -0.1) is 0 Å². The summed E-state index contributed by atoms with van der Waals surface area (Å²) in [6.07, 6.45) is 8.03. The van der Waals surface area contributed by atoms with Gasteiger partial charge in [-0.05, 0) is 36.3 Å². The van der Waals surface area contributed by atoms with Crippen molar-refractivity contribution >= 4 is 12.0 Å². The van der Waals surface area contributed by atoms with Crippen molar-refractivity contribution in [1.29, 1.82) is 0 Å². The fraction of sp³-hybridized carbons (Fsp3) is 0.0769. The van der Waals surface area contributed by atoms with Gasteiger partial charge in [0, 0.05) is 24.2 Å². The second-order valence-corrected chi connectivity index (χ2v) is 3.68. The lowest BCUT2D eigenvalue weighted by molar-refractivity contribution is -0.131. The summed E-state index contributed by atoms with van der Waals surface area (Å²) in [5.74, 6) is -0.942.